The number of anilines is 3. The van der Waals surface area contributed by atoms with Crippen molar-refractivity contribution in [1.82, 2.24) is 20.2 Å². The minimum absolute atomic E-state index is 0.00282. The molecule has 1 aliphatic heterocycles. The van der Waals surface area contributed by atoms with E-state index in [1.807, 2.05) is 50.2 Å². The smallest absolute Gasteiger partial charge is 0.256 e. The molecule has 2 heterocycles. The van der Waals surface area contributed by atoms with Crippen molar-refractivity contribution >= 4 is 29.3 Å². The van der Waals surface area contributed by atoms with Crippen LogP contribution in [-0.2, 0) is 12.8 Å². The number of amides is 2. The quantitative estimate of drug-likeness (QED) is 0.430. The minimum atomic E-state index is -0.305. The van der Waals surface area contributed by atoms with E-state index >= 15 is 0 Å². The highest BCUT2D eigenvalue weighted by molar-refractivity contribution is 5.98. The lowest BCUT2D eigenvalue weighted by Gasteiger charge is -2.25. The second kappa shape index (κ2) is 11.9. The van der Waals surface area contributed by atoms with Crippen LogP contribution >= 0.6 is 0 Å². The van der Waals surface area contributed by atoms with Crippen molar-refractivity contribution in [2.24, 2.45) is 0 Å². The van der Waals surface area contributed by atoms with Crippen molar-refractivity contribution in [3.8, 4) is 0 Å². The maximum absolute atomic E-state index is 12.1. The molecule has 0 spiro atoms. The summed E-state index contributed by atoms with van der Waals surface area (Å²) in [7, 11) is 1.80. The lowest BCUT2D eigenvalue weighted by molar-refractivity contribution is 0.0780. The van der Waals surface area contributed by atoms with E-state index in [0.29, 0.717) is 18.1 Å². The number of benzene rings is 2. The second-order valence-electron chi connectivity index (χ2n) is 8.55. The van der Waals surface area contributed by atoms with Crippen molar-refractivity contribution in [2.75, 3.05) is 31.2 Å². The van der Waals surface area contributed by atoms with Gasteiger partial charge >= 0.3 is 0 Å². The van der Waals surface area contributed by atoms with Gasteiger partial charge in [0.05, 0.1) is 5.56 Å². The summed E-state index contributed by atoms with van der Waals surface area (Å²) in [6, 6.07) is 15.5. The van der Waals surface area contributed by atoms with Crippen LogP contribution in [0.25, 0.3) is 0 Å². The highest BCUT2D eigenvalue weighted by Crippen LogP contribution is 2.24. The lowest BCUT2D eigenvalue weighted by Crippen LogP contribution is -2.34. The number of carbonyl (C=O) groups excluding carboxylic acids is 2. The number of nitrogen functional groups attached to an aromatic ring is 1. The van der Waals surface area contributed by atoms with Crippen LogP contribution in [0.5, 0.6) is 0 Å². The average molecular weight is 477 g/mol. The number of carbonyl (C=O) groups is 2. The zero-order valence-electron chi connectivity index (χ0n) is 20.3. The van der Waals surface area contributed by atoms with Crippen LogP contribution in [0.2, 0.25) is 0 Å². The molecular weight excluding hydrogens is 444 g/mol. The molecule has 3 aromatic rings. The molecular formula is C26H32N6O3. The normalized spacial score (nSPS) is 12.5. The van der Waals surface area contributed by atoms with Crippen molar-refractivity contribution in [1.29, 1.82) is 0 Å². The van der Waals surface area contributed by atoms with Gasteiger partial charge in [0.15, 0.2) is 0 Å². The Kier molecular flexibility index (Phi) is 8.74. The van der Waals surface area contributed by atoms with E-state index in [0.717, 1.165) is 24.1 Å². The van der Waals surface area contributed by atoms with Gasteiger partial charge in [-0.05, 0) is 56.0 Å². The highest BCUT2D eigenvalue weighted by Gasteiger charge is 2.21. The largest absolute Gasteiger partial charge is 0.396 e. The summed E-state index contributed by atoms with van der Waals surface area (Å²) in [6.07, 6.45) is 2.96. The maximum atomic E-state index is 12.1. The van der Waals surface area contributed by atoms with E-state index in [1.54, 1.807) is 24.1 Å². The zero-order chi connectivity index (χ0) is 25.4. The van der Waals surface area contributed by atoms with Gasteiger partial charge in [0.25, 0.3) is 11.8 Å². The number of aliphatic hydroxyl groups excluding tert-OH is 1. The molecule has 0 atom stereocenters. The third kappa shape index (κ3) is 7.00. The first-order valence-corrected chi connectivity index (χ1v) is 11.5. The average Bonchev–Trinajstić information content (AvgIpc) is 2.82. The fourth-order valence-corrected chi connectivity index (χ4v) is 3.56. The molecule has 184 valence electrons. The Balaban J connectivity index is 0.000000320. The van der Waals surface area contributed by atoms with Gasteiger partial charge < -0.3 is 26.4 Å². The van der Waals surface area contributed by atoms with E-state index in [1.165, 1.54) is 11.8 Å². The summed E-state index contributed by atoms with van der Waals surface area (Å²) in [5.41, 5.74) is 9.79. The van der Waals surface area contributed by atoms with Gasteiger partial charge in [-0.25, -0.2) is 4.98 Å². The molecule has 0 radical (unpaired) electrons. The van der Waals surface area contributed by atoms with Gasteiger partial charge in [0.1, 0.15) is 5.82 Å². The van der Waals surface area contributed by atoms with E-state index < -0.39 is 0 Å². The van der Waals surface area contributed by atoms with Gasteiger partial charge in [-0.2, -0.15) is 4.98 Å². The van der Waals surface area contributed by atoms with Gasteiger partial charge in [0.2, 0.25) is 5.95 Å². The number of likely N-dealkylation sites (N-methyl/N-ethyl adjacent to an activating group) is 1. The second-order valence-corrected chi connectivity index (χ2v) is 8.55. The van der Waals surface area contributed by atoms with Crippen LogP contribution in [0.1, 0.15) is 45.7 Å². The van der Waals surface area contributed by atoms with Gasteiger partial charge in [-0.3, -0.25) is 9.59 Å². The van der Waals surface area contributed by atoms with Crippen molar-refractivity contribution in [2.45, 2.75) is 32.7 Å². The first kappa shape index (κ1) is 25.6. The molecule has 1 aliphatic rings. The fourth-order valence-electron chi connectivity index (χ4n) is 3.56. The number of fused-ring (bicyclic) bond motifs is 1. The number of hydrogen-bond acceptors (Lipinski definition) is 7. The molecule has 9 heteroatoms. The Hall–Kier alpha value is -3.98. The molecule has 0 unspecified atom stereocenters. The molecule has 0 saturated carbocycles. The van der Waals surface area contributed by atoms with Crippen molar-refractivity contribution < 1.29 is 14.7 Å². The van der Waals surface area contributed by atoms with Gasteiger partial charge in [0, 0.05) is 43.7 Å². The molecule has 5 N–H and O–H groups in total. The number of aromatic nitrogens is 2. The zero-order valence-corrected chi connectivity index (χ0v) is 20.3. The number of nitrogens with two attached hydrogens (primary N) is 1. The van der Waals surface area contributed by atoms with E-state index in [9.17, 15) is 9.59 Å². The van der Waals surface area contributed by atoms with Crippen LogP contribution in [0.15, 0.2) is 54.7 Å². The minimum Gasteiger partial charge on any atom is -0.396 e. The topological polar surface area (TPSA) is 133 Å². The number of rotatable bonds is 6. The highest BCUT2D eigenvalue weighted by atomic mass is 16.3. The molecule has 0 aliphatic carbocycles. The molecule has 4 rings (SSSR count). The molecule has 35 heavy (non-hydrogen) atoms. The first-order chi connectivity index (χ1) is 16.8. The fraction of sp³-hybridized carbons (Fsp3) is 0.308. The van der Waals surface area contributed by atoms with E-state index in [4.69, 9.17) is 10.8 Å². The molecule has 2 aromatic carbocycles. The Bertz CT molecular complexity index is 1170. The number of nitrogens with one attached hydrogen (secondary N) is 2. The molecule has 9 nitrogen and oxygen atoms in total. The van der Waals surface area contributed by atoms with Crippen LogP contribution in [0.4, 0.5) is 17.5 Å². The first-order valence-electron chi connectivity index (χ1n) is 11.5. The number of aliphatic hydroxyl groups is 1. The summed E-state index contributed by atoms with van der Waals surface area (Å²) in [5.74, 6) is 0.123. The van der Waals surface area contributed by atoms with E-state index in [2.05, 4.69) is 20.6 Å². The van der Waals surface area contributed by atoms with Crippen LogP contribution in [0.3, 0.4) is 0 Å². The molecule has 2 amide bonds. The van der Waals surface area contributed by atoms with Crippen LogP contribution in [-0.4, -0.2) is 58.0 Å². The maximum Gasteiger partial charge on any atom is 0.256 e. The standard InChI is InChI=1S/C18H22N6O2.C8H10O/c1-10(2)21-16(25)14-9-20-18(23-15(14)19)22-12-4-5-13-11(8-12)6-7-24(3)17(13)26;9-7-6-8-4-2-1-3-5-8/h4-5,8-10H,6-7H2,1-3H3,(H,21,25)(H3,19,20,22,23);1-5,9H,6-7H2. The third-order valence-electron chi connectivity index (χ3n) is 5.38. The number of nitrogens with zero attached hydrogens (tertiary/aromatic N) is 3. The van der Waals surface area contributed by atoms with Gasteiger partial charge in [-0.15, -0.1) is 0 Å². The Morgan fingerprint density at radius 1 is 1.20 bits per heavy atom. The van der Waals surface area contributed by atoms with E-state index in [-0.39, 0.29) is 35.8 Å². The van der Waals surface area contributed by atoms with Crippen LogP contribution in [0, 0.1) is 0 Å². The predicted octanol–water partition coefficient (Wildman–Crippen LogP) is 2.79. The molecule has 1 aromatic heterocycles. The Morgan fingerprint density at radius 3 is 2.60 bits per heavy atom. The van der Waals surface area contributed by atoms with Gasteiger partial charge in [-0.1, -0.05) is 30.3 Å². The summed E-state index contributed by atoms with van der Waals surface area (Å²) < 4.78 is 0. The molecule has 0 bridgehead atoms. The summed E-state index contributed by atoms with van der Waals surface area (Å²) in [6.45, 7) is 4.66. The lowest BCUT2D eigenvalue weighted by atomic mass is 9.99. The summed E-state index contributed by atoms with van der Waals surface area (Å²) in [5, 5.41) is 14.3. The molecule has 0 saturated heterocycles. The Morgan fingerprint density at radius 2 is 1.94 bits per heavy atom. The predicted molar refractivity (Wildman–Crippen MR) is 137 cm³/mol. The van der Waals surface area contributed by atoms with Crippen molar-refractivity contribution in [3.05, 3.63) is 77.0 Å². The number of hydrogen-bond donors (Lipinski definition) is 4. The SMILES string of the molecule is CC(C)NC(=O)c1cnc(Nc2ccc3c(c2)CCN(C)C3=O)nc1N.OCCc1ccccc1. The third-order valence-corrected chi connectivity index (χ3v) is 5.38. The summed E-state index contributed by atoms with van der Waals surface area (Å²) in [4.78, 5) is 34.2. The van der Waals surface area contributed by atoms with Crippen LogP contribution < -0.4 is 16.4 Å². The Labute approximate surface area is 205 Å². The summed E-state index contributed by atoms with van der Waals surface area (Å²) >= 11 is 0. The molecule has 0 fully saturated rings. The van der Waals surface area contributed by atoms with Crippen molar-refractivity contribution in [3.63, 3.8) is 0 Å². The monoisotopic (exact) mass is 476 g/mol.